The van der Waals surface area contributed by atoms with E-state index in [0.717, 1.165) is 18.1 Å². The van der Waals surface area contributed by atoms with E-state index < -0.39 is 0 Å². The molecule has 0 radical (unpaired) electrons. The molecule has 10 heteroatoms. The Hall–Kier alpha value is -0.0700. The molecule has 8 nitrogen and oxygen atoms in total. The minimum atomic E-state index is 0.0317. The predicted octanol–water partition coefficient (Wildman–Crippen LogP) is 1.89. The first-order valence-electron chi connectivity index (χ1n) is 10.9. The van der Waals surface area contributed by atoms with E-state index >= 15 is 0 Å². The van der Waals surface area contributed by atoms with Gasteiger partial charge < -0.3 is 34.1 Å². The zero-order valence-corrected chi connectivity index (χ0v) is 19.7. The molecule has 1 fully saturated rings. The average molecular weight is 470 g/mol. The molecule has 2 N–H and O–H groups in total. The number of ether oxygens (including phenoxy) is 5. The number of aliphatic hydroxyl groups excluding tert-OH is 1. The van der Waals surface area contributed by atoms with Crippen LogP contribution in [-0.4, -0.2) is 101 Å². The standard InChI is InChI=1S/C20H39NO7S2/c22-7-9-25-11-13-27-15-17-28-16-14-26-12-10-24-8-6-21-20(23)4-2-1-3-19-5-18-29-30-19/h19,22H,1-18H2,(H,21,23). The van der Waals surface area contributed by atoms with Gasteiger partial charge in [0.15, 0.2) is 0 Å². The molecule has 1 unspecified atom stereocenters. The van der Waals surface area contributed by atoms with Gasteiger partial charge in [0, 0.05) is 24.0 Å². The van der Waals surface area contributed by atoms with Crippen LogP contribution in [0.3, 0.4) is 0 Å². The zero-order valence-electron chi connectivity index (χ0n) is 18.0. The molecule has 1 aliphatic rings. The lowest BCUT2D eigenvalue weighted by molar-refractivity contribution is -0.121. The SMILES string of the molecule is O=C(CCCCC1CCSS1)NCCOCCOCCOCCOCCOCCO. The van der Waals surface area contributed by atoms with E-state index in [1.165, 1.54) is 18.6 Å². The zero-order chi connectivity index (χ0) is 21.5. The van der Waals surface area contributed by atoms with E-state index in [9.17, 15) is 4.79 Å². The van der Waals surface area contributed by atoms with Gasteiger partial charge in [0.1, 0.15) is 0 Å². The number of carbonyl (C=O) groups is 1. The Balaban J connectivity index is 1.68. The number of amides is 1. The molecule has 1 atom stereocenters. The molecule has 1 heterocycles. The first-order valence-corrected chi connectivity index (χ1v) is 13.3. The lowest BCUT2D eigenvalue weighted by Crippen LogP contribution is -2.27. The molecule has 1 amide bonds. The molecular weight excluding hydrogens is 430 g/mol. The molecule has 1 rings (SSSR count). The van der Waals surface area contributed by atoms with Crippen LogP contribution in [0.1, 0.15) is 32.1 Å². The molecule has 0 aromatic heterocycles. The number of rotatable bonds is 22. The number of carbonyl (C=O) groups excluding carboxylic acids is 1. The largest absolute Gasteiger partial charge is 0.394 e. The van der Waals surface area contributed by atoms with Crippen molar-refractivity contribution in [1.29, 1.82) is 0 Å². The van der Waals surface area contributed by atoms with Crippen molar-refractivity contribution in [3.63, 3.8) is 0 Å². The van der Waals surface area contributed by atoms with Gasteiger partial charge in [-0.05, 0) is 19.3 Å². The molecule has 0 aromatic rings. The Kier molecular flexibility index (Phi) is 20.6. The van der Waals surface area contributed by atoms with E-state index in [2.05, 4.69) is 5.32 Å². The molecule has 0 saturated carbocycles. The fraction of sp³-hybridized carbons (Fsp3) is 0.950. The van der Waals surface area contributed by atoms with Crippen molar-refractivity contribution >= 4 is 27.5 Å². The highest BCUT2D eigenvalue weighted by Gasteiger charge is 2.15. The van der Waals surface area contributed by atoms with Gasteiger partial charge in [-0.25, -0.2) is 0 Å². The molecule has 1 aliphatic heterocycles. The van der Waals surface area contributed by atoms with Crippen LogP contribution in [0.5, 0.6) is 0 Å². The summed E-state index contributed by atoms with van der Waals surface area (Å²) in [7, 11) is 3.97. The van der Waals surface area contributed by atoms with Crippen LogP contribution in [0.2, 0.25) is 0 Å². The summed E-state index contributed by atoms with van der Waals surface area (Å²) in [6.45, 7) is 5.45. The number of hydrogen-bond acceptors (Lipinski definition) is 9. The summed E-state index contributed by atoms with van der Waals surface area (Å²) in [5.74, 6) is 1.39. The van der Waals surface area contributed by atoms with E-state index in [1.54, 1.807) is 0 Å². The highest BCUT2D eigenvalue weighted by atomic mass is 33.1. The van der Waals surface area contributed by atoms with Crippen molar-refractivity contribution in [2.24, 2.45) is 0 Å². The van der Waals surface area contributed by atoms with Crippen LogP contribution in [0.15, 0.2) is 0 Å². The topological polar surface area (TPSA) is 95.5 Å². The Morgan fingerprint density at radius 2 is 1.40 bits per heavy atom. The summed E-state index contributed by atoms with van der Waals surface area (Å²) in [4.78, 5) is 11.8. The molecule has 1 saturated heterocycles. The summed E-state index contributed by atoms with van der Waals surface area (Å²) in [6, 6.07) is 0. The summed E-state index contributed by atoms with van der Waals surface area (Å²) in [5.41, 5.74) is 0. The van der Waals surface area contributed by atoms with E-state index in [0.29, 0.717) is 79.0 Å². The normalized spacial score (nSPS) is 16.2. The lowest BCUT2D eigenvalue weighted by atomic mass is 10.1. The minimum Gasteiger partial charge on any atom is -0.394 e. The predicted molar refractivity (Wildman–Crippen MR) is 121 cm³/mol. The fourth-order valence-electron chi connectivity index (χ4n) is 2.62. The van der Waals surface area contributed by atoms with E-state index in [-0.39, 0.29) is 12.5 Å². The summed E-state index contributed by atoms with van der Waals surface area (Å²) in [6.07, 6.45) is 5.25. The average Bonchev–Trinajstić information content (AvgIpc) is 3.27. The third kappa shape index (κ3) is 18.7. The van der Waals surface area contributed by atoms with E-state index in [4.69, 9.17) is 28.8 Å². The molecule has 30 heavy (non-hydrogen) atoms. The maximum absolute atomic E-state index is 11.8. The van der Waals surface area contributed by atoms with Crippen LogP contribution >= 0.6 is 21.6 Å². The highest BCUT2D eigenvalue weighted by molar-refractivity contribution is 8.77. The molecular formula is C20H39NO7S2. The van der Waals surface area contributed by atoms with Crippen molar-refractivity contribution in [3.05, 3.63) is 0 Å². The minimum absolute atomic E-state index is 0.0317. The number of unbranched alkanes of at least 4 members (excludes halogenated alkanes) is 1. The Labute approximate surface area is 188 Å². The first-order chi connectivity index (χ1) is 14.8. The quantitative estimate of drug-likeness (QED) is 0.182. The second kappa shape index (κ2) is 22.1. The second-order valence-electron chi connectivity index (χ2n) is 6.71. The number of hydrogen-bond donors (Lipinski definition) is 2. The first kappa shape index (κ1) is 28.0. The van der Waals surface area contributed by atoms with Crippen LogP contribution in [0.25, 0.3) is 0 Å². The lowest BCUT2D eigenvalue weighted by Gasteiger charge is -2.09. The summed E-state index contributed by atoms with van der Waals surface area (Å²) >= 11 is 0. The van der Waals surface area contributed by atoms with Gasteiger partial charge in [-0.15, -0.1) is 0 Å². The molecule has 0 aromatic carbocycles. The maximum atomic E-state index is 11.8. The van der Waals surface area contributed by atoms with Crippen molar-refractivity contribution in [2.75, 3.05) is 85.0 Å². The van der Waals surface area contributed by atoms with Crippen molar-refractivity contribution in [1.82, 2.24) is 5.32 Å². The highest BCUT2D eigenvalue weighted by Crippen LogP contribution is 2.39. The van der Waals surface area contributed by atoms with Gasteiger partial charge in [0.05, 0.1) is 72.7 Å². The summed E-state index contributed by atoms with van der Waals surface area (Å²) in [5, 5.41) is 12.2. The summed E-state index contributed by atoms with van der Waals surface area (Å²) < 4.78 is 26.6. The second-order valence-corrected chi connectivity index (χ2v) is 9.50. The monoisotopic (exact) mass is 469 g/mol. The van der Waals surface area contributed by atoms with Crippen LogP contribution in [0, 0.1) is 0 Å². The molecule has 0 bridgehead atoms. The Morgan fingerprint density at radius 3 is 1.93 bits per heavy atom. The Morgan fingerprint density at radius 1 is 0.833 bits per heavy atom. The molecule has 0 aliphatic carbocycles. The van der Waals surface area contributed by atoms with Gasteiger partial charge in [-0.3, -0.25) is 4.79 Å². The van der Waals surface area contributed by atoms with Gasteiger partial charge >= 0.3 is 0 Å². The van der Waals surface area contributed by atoms with Gasteiger partial charge in [0.2, 0.25) is 5.91 Å². The third-order valence-electron chi connectivity index (χ3n) is 4.20. The van der Waals surface area contributed by atoms with Gasteiger partial charge in [0.25, 0.3) is 0 Å². The van der Waals surface area contributed by atoms with Gasteiger partial charge in [-0.1, -0.05) is 28.0 Å². The van der Waals surface area contributed by atoms with Gasteiger partial charge in [-0.2, -0.15) is 0 Å². The third-order valence-corrected chi connectivity index (χ3v) is 7.21. The molecule has 0 spiro atoms. The van der Waals surface area contributed by atoms with Crippen LogP contribution < -0.4 is 5.32 Å². The van der Waals surface area contributed by atoms with Crippen molar-refractivity contribution in [3.8, 4) is 0 Å². The van der Waals surface area contributed by atoms with Crippen LogP contribution in [-0.2, 0) is 28.5 Å². The van der Waals surface area contributed by atoms with Crippen LogP contribution in [0.4, 0.5) is 0 Å². The molecule has 178 valence electrons. The smallest absolute Gasteiger partial charge is 0.220 e. The Bertz CT molecular complexity index is 388. The van der Waals surface area contributed by atoms with Crippen molar-refractivity contribution in [2.45, 2.75) is 37.4 Å². The van der Waals surface area contributed by atoms with E-state index in [1.807, 2.05) is 21.6 Å². The number of aliphatic hydroxyl groups is 1. The van der Waals surface area contributed by atoms with Crippen molar-refractivity contribution < 1.29 is 33.6 Å². The maximum Gasteiger partial charge on any atom is 0.220 e. The fourth-order valence-corrected chi connectivity index (χ4v) is 5.65. The number of nitrogens with one attached hydrogen (secondary N) is 1.